The van der Waals surface area contributed by atoms with Gasteiger partial charge in [0.05, 0.1) is 22.6 Å². The lowest BCUT2D eigenvalue weighted by molar-refractivity contribution is -0.577. The van der Waals surface area contributed by atoms with Gasteiger partial charge >= 0.3 is 0 Å². The molecule has 5 N–H and O–H groups in total. The van der Waals surface area contributed by atoms with Gasteiger partial charge in [0.15, 0.2) is 11.4 Å². The molecule has 12 heteroatoms. The van der Waals surface area contributed by atoms with Crippen molar-refractivity contribution >= 4 is 62.1 Å². The zero-order valence-corrected chi connectivity index (χ0v) is 22.2. The van der Waals surface area contributed by atoms with E-state index in [0.29, 0.717) is 28.0 Å². The lowest BCUT2D eigenvalue weighted by Gasteiger charge is -2.23. The zero-order valence-electron chi connectivity index (χ0n) is 21.4. The third-order valence-corrected chi connectivity index (χ3v) is 8.55. The summed E-state index contributed by atoms with van der Waals surface area (Å²) >= 11 is 1.37. The van der Waals surface area contributed by atoms with E-state index in [-0.39, 0.29) is 11.9 Å². The van der Waals surface area contributed by atoms with Crippen LogP contribution in [0.15, 0.2) is 58.8 Å². The first-order chi connectivity index (χ1) is 18.9. The maximum Gasteiger partial charge on any atom is 0.243 e. The minimum Gasteiger partial charge on any atom is -0.618 e. The Bertz CT molecular complexity index is 1760. The Labute approximate surface area is 227 Å². The molecule has 0 bridgehead atoms. The van der Waals surface area contributed by atoms with E-state index in [1.807, 2.05) is 31.3 Å². The first-order valence-corrected chi connectivity index (χ1v) is 13.7. The van der Waals surface area contributed by atoms with Gasteiger partial charge in [0.2, 0.25) is 11.4 Å². The molecule has 1 aromatic carbocycles. The lowest BCUT2D eigenvalue weighted by atomic mass is 10.1. The molecule has 1 amide bonds. The number of H-pyrrole nitrogens is 1. The van der Waals surface area contributed by atoms with Gasteiger partial charge in [-0.25, -0.2) is 15.0 Å². The standard InChI is InChI=1S/C27H27N9O2S/c1-13(28)26(37)32-22-16-11-35(12-17(16)22)25-21-15-5-3-6-19(29-2)23(15)31-24(21)33-27(34-25)39-14-9-20-18(30-10-14)7-4-8-36(20)38/h3-10,13,16-17,22,29H,11-12,28H2,1-2H3,(H,32,37)(H,31,33,34)/t13-,16?,17?,22?/m1/s1. The van der Waals surface area contributed by atoms with E-state index in [1.165, 1.54) is 18.0 Å². The van der Waals surface area contributed by atoms with Crippen LogP contribution in [0.3, 0.4) is 0 Å². The van der Waals surface area contributed by atoms with Crippen LogP contribution in [-0.4, -0.2) is 58.1 Å². The van der Waals surface area contributed by atoms with Gasteiger partial charge in [0, 0.05) is 66.6 Å². The highest BCUT2D eigenvalue weighted by Crippen LogP contribution is 2.48. The molecule has 1 aliphatic heterocycles. The van der Waals surface area contributed by atoms with Crippen molar-refractivity contribution in [2.45, 2.75) is 29.1 Å². The molecule has 11 nitrogen and oxygen atoms in total. The number of hydrogen-bond donors (Lipinski definition) is 4. The van der Waals surface area contributed by atoms with Crippen LogP contribution >= 0.6 is 11.8 Å². The number of piperidine rings is 1. The van der Waals surface area contributed by atoms with E-state index in [1.54, 1.807) is 19.2 Å². The van der Waals surface area contributed by atoms with Crippen LogP contribution < -0.4 is 26.0 Å². The van der Waals surface area contributed by atoms with Crippen LogP contribution in [-0.2, 0) is 4.79 Å². The van der Waals surface area contributed by atoms with Gasteiger partial charge in [-0.05, 0) is 30.8 Å². The SMILES string of the molecule is CNc1cccc2c1[nH]c1nc(Sc3cnc4ccc[n+]([O-])c4c3)nc(N3CC4C(C3)C4NC(=O)[C@@H](C)N)c12. The molecule has 5 heterocycles. The van der Waals surface area contributed by atoms with Gasteiger partial charge < -0.3 is 31.5 Å². The fourth-order valence-corrected chi connectivity index (χ4v) is 6.43. The normalized spacial score (nSPS) is 20.9. The van der Waals surface area contributed by atoms with Crippen LogP contribution in [0.25, 0.3) is 33.0 Å². The molecule has 3 atom stereocenters. The molecular weight excluding hydrogens is 514 g/mol. The van der Waals surface area contributed by atoms with Crippen molar-refractivity contribution in [1.82, 2.24) is 25.3 Å². The predicted molar refractivity (Wildman–Crippen MR) is 151 cm³/mol. The van der Waals surface area contributed by atoms with Gasteiger partial charge in [-0.2, -0.15) is 4.73 Å². The van der Waals surface area contributed by atoms with E-state index in [4.69, 9.17) is 15.7 Å². The average molecular weight is 542 g/mol. The summed E-state index contributed by atoms with van der Waals surface area (Å²) in [5.41, 5.74) is 9.57. The number of aromatic amines is 1. The number of hydrogen-bond acceptors (Lipinski definition) is 9. The van der Waals surface area contributed by atoms with Crippen molar-refractivity contribution in [2.24, 2.45) is 17.6 Å². The van der Waals surface area contributed by atoms with Gasteiger partial charge in [-0.1, -0.05) is 12.1 Å². The molecule has 2 aliphatic rings. The van der Waals surface area contributed by atoms with E-state index in [0.717, 1.165) is 56.2 Å². The summed E-state index contributed by atoms with van der Waals surface area (Å²) in [4.78, 5) is 33.1. The molecule has 2 fully saturated rings. The second kappa shape index (κ2) is 8.95. The van der Waals surface area contributed by atoms with Crippen molar-refractivity contribution in [2.75, 3.05) is 30.4 Å². The molecule has 1 saturated heterocycles. The first kappa shape index (κ1) is 23.9. The molecule has 0 radical (unpaired) electrons. The quantitative estimate of drug-likeness (QED) is 0.144. The van der Waals surface area contributed by atoms with Crippen molar-refractivity contribution in [3.63, 3.8) is 0 Å². The Morgan fingerprint density at radius 1 is 1.26 bits per heavy atom. The molecule has 5 aromatic rings. The van der Waals surface area contributed by atoms with Gasteiger partial charge in [-0.3, -0.25) is 4.79 Å². The number of anilines is 2. The van der Waals surface area contributed by atoms with Crippen molar-refractivity contribution in [1.29, 1.82) is 0 Å². The lowest BCUT2D eigenvalue weighted by Crippen LogP contribution is -2.42. The average Bonchev–Trinajstić information content (AvgIpc) is 3.25. The summed E-state index contributed by atoms with van der Waals surface area (Å²) in [5.74, 6) is 1.48. The smallest absolute Gasteiger partial charge is 0.243 e. The number of pyridine rings is 2. The van der Waals surface area contributed by atoms with Gasteiger partial charge in [-0.15, -0.1) is 0 Å². The minimum atomic E-state index is -0.517. The van der Waals surface area contributed by atoms with E-state index in [2.05, 4.69) is 31.6 Å². The summed E-state index contributed by atoms with van der Waals surface area (Å²) in [5, 5.41) is 21.2. The monoisotopic (exact) mass is 541 g/mol. The van der Waals surface area contributed by atoms with E-state index in [9.17, 15) is 10.0 Å². The van der Waals surface area contributed by atoms with Crippen LogP contribution in [0, 0.1) is 17.0 Å². The largest absolute Gasteiger partial charge is 0.618 e. The third kappa shape index (κ3) is 3.98. The Morgan fingerprint density at radius 2 is 2.08 bits per heavy atom. The number of para-hydroxylation sites is 1. The summed E-state index contributed by atoms with van der Waals surface area (Å²) in [6.45, 7) is 3.28. The van der Waals surface area contributed by atoms with E-state index >= 15 is 0 Å². The molecular formula is C27H27N9O2S. The highest BCUT2D eigenvalue weighted by molar-refractivity contribution is 7.99. The summed E-state index contributed by atoms with van der Waals surface area (Å²) in [6, 6.07) is 11.1. The maximum absolute atomic E-state index is 12.3. The molecule has 4 aromatic heterocycles. The number of nitrogens with one attached hydrogen (secondary N) is 3. The van der Waals surface area contributed by atoms with Gasteiger partial charge in [0.1, 0.15) is 17.0 Å². The summed E-state index contributed by atoms with van der Waals surface area (Å²) in [6.07, 6.45) is 3.20. The second-order valence-corrected chi connectivity index (χ2v) is 11.3. The van der Waals surface area contributed by atoms with Crippen molar-refractivity contribution in [3.05, 3.63) is 54.0 Å². The zero-order chi connectivity index (χ0) is 26.8. The van der Waals surface area contributed by atoms with Gasteiger partial charge in [0.25, 0.3) is 0 Å². The molecule has 1 aliphatic carbocycles. The Balaban J connectivity index is 1.27. The topological polar surface area (TPSA) is 152 Å². The first-order valence-electron chi connectivity index (χ1n) is 12.9. The summed E-state index contributed by atoms with van der Waals surface area (Å²) in [7, 11) is 1.90. The van der Waals surface area contributed by atoms with Crippen LogP contribution in [0.5, 0.6) is 0 Å². The van der Waals surface area contributed by atoms with Crippen LogP contribution in [0.4, 0.5) is 11.5 Å². The molecule has 2 unspecified atom stereocenters. The number of carbonyl (C=O) groups is 1. The number of aromatic nitrogens is 5. The molecule has 0 spiro atoms. The third-order valence-electron chi connectivity index (χ3n) is 7.73. The Morgan fingerprint density at radius 3 is 2.85 bits per heavy atom. The van der Waals surface area contributed by atoms with Crippen LogP contribution in [0.2, 0.25) is 0 Å². The highest BCUT2D eigenvalue weighted by atomic mass is 32.2. The summed E-state index contributed by atoms with van der Waals surface area (Å²) < 4.78 is 0.815. The molecule has 39 heavy (non-hydrogen) atoms. The number of fused-ring (bicyclic) bond motifs is 5. The van der Waals surface area contributed by atoms with E-state index < -0.39 is 6.04 Å². The number of amides is 1. The minimum absolute atomic E-state index is 0.108. The maximum atomic E-state index is 12.3. The fraction of sp³-hybridized carbons (Fsp3) is 0.296. The Kier molecular flexibility index (Phi) is 5.49. The fourth-order valence-electron chi connectivity index (χ4n) is 5.68. The number of nitrogens with zero attached hydrogens (tertiary/aromatic N) is 5. The highest BCUT2D eigenvalue weighted by Gasteiger charge is 2.57. The predicted octanol–water partition coefficient (Wildman–Crippen LogP) is 2.38. The molecule has 1 saturated carbocycles. The molecule has 7 rings (SSSR count). The number of nitrogens with two attached hydrogens (primary N) is 1. The number of benzene rings is 1. The Hall–Kier alpha value is -4.16. The number of carbonyl (C=O) groups excluding carboxylic acids is 1. The van der Waals surface area contributed by atoms with Crippen molar-refractivity contribution < 1.29 is 9.52 Å². The second-order valence-electron chi connectivity index (χ2n) is 10.2. The van der Waals surface area contributed by atoms with Crippen LogP contribution in [0.1, 0.15) is 6.92 Å². The molecule has 198 valence electrons. The number of rotatable bonds is 6. The van der Waals surface area contributed by atoms with Crippen molar-refractivity contribution in [3.8, 4) is 0 Å².